The van der Waals surface area contributed by atoms with Gasteiger partial charge in [0.05, 0.1) is 38.0 Å². The summed E-state index contributed by atoms with van der Waals surface area (Å²) < 4.78 is 16.6. The number of Topliss-reactive ketones (excluding diaryl/α,β-unsaturated/α-hetero) is 1. The van der Waals surface area contributed by atoms with Crippen LogP contribution < -0.4 is 5.22 Å². The molecule has 4 heterocycles. The fourth-order valence-electron chi connectivity index (χ4n) is 12.7. The normalized spacial score (nSPS) is 22.6. The number of H-pyrrole nitrogens is 1. The minimum atomic E-state index is -1.14. The van der Waals surface area contributed by atoms with Crippen molar-refractivity contribution < 1.29 is 14.1 Å². The minimum absolute atomic E-state index is 0.0631. The Balaban J connectivity index is 1.12. The monoisotopic (exact) mass is 830 g/mol. The third kappa shape index (κ3) is 5.54. The first-order valence-electron chi connectivity index (χ1n) is 22.7. The summed E-state index contributed by atoms with van der Waals surface area (Å²) in [7, 11) is -1.14. The summed E-state index contributed by atoms with van der Waals surface area (Å²) in [4.78, 5) is 23.3. The van der Waals surface area contributed by atoms with Gasteiger partial charge in [0.25, 0.3) is 0 Å². The van der Waals surface area contributed by atoms with Crippen LogP contribution in [0.2, 0.25) is 0 Å². The number of hydrogen-bond acceptors (Lipinski definition) is 6. The van der Waals surface area contributed by atoms with Crippen molar-refractivity contribution in [1.82, 2.24) is 9.97 Å². The molecule has 1 aliphatic heterocycles. The summed E-state index contributed by atoms with van der Waals surface area (Å²) in [5.74, 6) is 7.10. The van der Waals surface area contributed by atoms with E-state index in [0.29, 0.717) is 29.9 Å². The smallest absolute Gasteiger partial charge is 0.180 e. The lowest BCUT2D eigenvalue weighted by Crippen LogP contribution is -2.35. The second-order valence-corrected chi connectivity index (χ2v) is 23.4. The molecule has 4 aromatic carbocycles. The Morgan fingerprint density at radius 1 is 0.966 bits per heavy atom. The van der Waals surface area contributed by atoms with E-state index in [9.17, 15) is 14.1 Å². The molecule has 4 aliphatic rings. The number of pyridine rings is 1. The van der Waals surface area contributed by atoms with Crippen molar-refractivity contribution in [1.29, 1.82) is 0 Å². The maximum Gasteiger partial charge on any atom is 0.180 e. The van der Waals surface area contributed by atoms with Gasteiger partial charge in [-0.25, -0.2) is 0 Å². The SMILES string of the molecule is CCC(C)CC(C)CCCC1C2=c3c4c(sc5cnc6c(CCC(CSCC7CCCCC7)C(C)C)c7c(O)cc8[nH]c9c%10c(c3c(c6c54)c7c8%10)C1CC9=O)S(=O)C2. The van der Waals surface area contributed by atoms with Crippen LogP contribution in [0.25, 0.3) is 69.8 Å². The van der Waals surface area contributed by atoms with E-state index in [2.05, 4.69) is 57.6 Å². The molecular weight excluding hydrogens is 773 g/mol. The van der Waals surface area contributed by atoms with Crippen LogP contribution in [0.1, 0.15) is 139 Å². The highest BCUT2D eigenvalue weighted by Crippen LogP contribution is 2.59. The van der Waals surface area contributed by atoms with Crippen molar-refractivity contribution in [2.24, 2.45) is 35.5 Å². The summed E-state index contributed by atoms with van der Waals surface area (Å²) in [6.45, 7) is 11.8. The van der Waals surface area contributed by atoms with Gasteiger partial charge in [-0.15, -0.1) is 11.3 Å². The number of aromatic amines is 1. The Bertz CT molecular complexity index is 2840. The van der Waals surface area contributed by atoms with E-state index in [4.69, 9.17) is 4.98 Å². The van der Waals surface area contributed by atoms with Crippen molar-refractivity contribution in [2.45, 2.75) is 128 Å². The molecule has 0 bridgehead atoms. The van der Waals surface area contributed by atoms with Gasteiger partial charge in [-0.2, -0.15) is 11.8 Å². The number of carbonyl (C=O) groups is 1. The highest BCUT2D eigenvalue weighted by atomic mass is 32.2. The molecule has 6 atom stereocenters. The Labute approximate surface area is 352 Å². The summed E-state index contributed by atoms with van der Waals surface area (Å²) in [6, 6.07) is 1.91. The average Bonchev–Trinajstić information content (AvgIpc) is 3.80. The molecule has 5 nitrogen and oxygen atoms in total. The van der Waals surface area contributed by atoms with Crippen LogP contribution in [0.4, 0.5) is 0 Å². The minimum Gasteiger partial charge on any atom is -0.507 e. The Hall–Kier alpha value is -2.94. The maximum absolute atomic E-state index is 14.5. The molecule has 2 N–H and O–H groups in total. The molecular formula is C50H58N2O3S3. The molecule has 0 spiro atoms. The Kier molecular flexibility index (Phi) is 9.39. The van der Waals surface area contributed by atoms with Crippen LogP contribution in [0.3, 0.4) is 0 Å². The quantitative estimate of drug-likeness (QED) is 0.0794. The van der Waals surface area contributed by atoms with Crippen molar-refractivity contribution in [3.05, 3.63) is 34.3 Å². The molecule has 0 saturated heterocycles. The molecule has 6 unspecified atom stereocenters. The van der Waals surface area contributed by atoms with Crippen molar-refractivity contribution >= 4 is 109 Å². The zero-order chi connectivity index (χ0) is 39.7. The molecule has 3 aliphatic carbocycles. The number of nitrogens with zero attached hydrogens (tertiary/aromatic N) is 1. The van der Waals surface area contributed by atoms with E-state index in [1.165, 1.54) is 106 Å². The second kappa shape index (κ2) is 14.3. The zero-order valence-corrected chi connectivity index (χ0v) is 37.4. The number of thioether (sulfide) groups is 1. The number of thiophene rings is 1. The van der Waals surface area contributed by atoms with Crippen molar-refractivity contribution in [3.8, 4) is 5.75 Å². The van der Waals surface area contributed by atoms with Crippen LogP contribution in [0.5, 0.6) is 5.75 Å². The number of hydrogen-bond donors (Lipinski definition) is 2. The zero-order valence-electron chi connectivity index (χ0n) is 34.9. The van der Waals surface area contributed by atoms with Crippen LogP contribution in [0, 0.1) is 35.5 Å². The van der Waals surface area contributed by atoms with Gasteiger partial charge < -0.3 is 10.1 Å². The van der Waals surface area contributed by atoms with Crippen molar-refractivity contribution in [3.63, 3.8) is 0 Å². The maximum atomic E-state index is 14.5. The third-order valence-electron chi connectivity index (χ3n) is 15.8. The van der Waals surface area contributed by atoms with E-state index < -0.39 is 10.8 Å². The van der Waals surface area contributed by atoms with Crippen LogP contribution in [-0.4, -0.2) is 42.3 Å². The van der Waals surface area contributed by atoms with Gasteiger partial charge in [0.2, 0.25) is 0 Å². The highest BCUT2D eigenvalue weighted by molar-refractivity contribution is 7.99. The van der Waals surface area contributed by atoms with Gasteiger partial charge in [-0.1, -0.05) is 73.1 Å². The van der Waals surface area contributed by atoms with Crippen LogP contribution >= 0.6 is 23.1 Å². The molecule has 3 aromatic heterocycles. The summed E-state index contributed by atoms with van der Waals surface area (Å²) in [6.07, 6.45) is 17.2. The number of aromatic hydroxyl groups is 1. The number of ketones is 1. The third-order valence-corrected chi connectivity index (χ3v) is 20.1. The molecule has 8 heteroatoms. The van der Waals surface area contributed by atoms with Crippen LogP contribution in [-0.2, 0) is 17.2 Å². The number of phenols is 1. The molecule has 1 fully saturated rings. The lowest BCUT2D eigenvalue weighted by atomic mass is 9.65. The number of phenolic OH excluding ortho intramolecular Hbond substituents is 1. The number of nitrogens with one attached hydrogen (secondary N) is 1. The van der Waals surface area contributed by atoms with E-state index in [0.717, 1.165) is 90.3 Å². The number of carbonyl (C=O) groups excluding carboxylic acids is 1. The molecule has 0 amide bonds. The molecule has 0 radical (unpaired) electrons. The first kappa shape index (κ1) is 38.0. The van der Waals surface area contributed by atoms with E-state index in [1.54, 1.807) is 11.3 Å². The van der Waals surface area contributed by atoms with Gasteiger partial charge in [0, 0.05) is 61.8 Å². The average molecular weight is 831 g/mol. The number of rotatable bonds is 15. The van der Waals surface area contributed by atoms with E-state index >= 15 is 0 Å². The van der Waals surface area contributed by atoms with Gasteiger partial charge in [-0.05, 0) is 119 Å². The molecule has 1 saturated carbocycles. The lowest BCUT2D eigenvalue weighted by molar-refractivity contribution is 0.0960. The predicted molar refractivity (Wildman–Crippen MR) is 248 cm³/mol. The highest BCUT2D eigenvalue weighted by Gasteiger charge is 2.45. The Morgan fingerprint density at radius 3 is 2.57 bits per heavy atom. The molecule has 7 aromatic rings. The van der Waals surface area contributed by atoms with Gasteiger partial charge in [0.15, 0.2) is 5.78 Å². The molecule has 304 valence electrons. The summed E-state index contributed by atoms with van der Waals surface area (Å²) in [5.41, 5.74) is 6.41. The Morgan fingerprint density at radius 2 is 1.78 bits per heavy atom. The summed E-state index contributed by atoms with van der Waals surface area (Å²) >= 11 is 3.85. The predicted octanol–water partition coefficient (Wildman–Crippen LogP) is 13.0. The lowest BCUT2D eigenvalue weighted by Gasteiger charge is -2.39. The standard InChI is InChI=1S/C50H58N2O3S3/c1-6-25(4)17-26(5)11-10-14-29-31-18-35(54)49-45-38(31)43-39-32(29)23-58(55)50-47(39)41-36(57-50)20-51-48-30(16-15-28(24(2)3)22-56-21-27-12-8-7-9-13-27)37-34(53)19-33(52-49)40(45)42(37)44(43)46(41)48/h19-20,24-29,31,52-53H,6-18,21-23H2,1-5H3. The number of aromatic nitrogens is 2. The largest absolute Gasteiger partial charge is 0.507 e. The fourth-order valence-corrected chi connectivity index (χ4v) is 17.3. The van der Waals surface area contributed by atoms with Crippen molar-refractivity contribution in [2.75, 3.05) is 17.3 Å². The molecule has 11 rings (SSSR count). The fraction of sp³-hybridized carbons (Fsp3) is 0.560. The molecule has 58 heavy (non-hydrogen) atoms. The van der Waals surface area contributed by atoms with Gasteiger partial charge in [-0.3, -0.25) is 14.0 Å². The number of aryl methyl sites for hydroxylation is 1. The second-order valence-electron chi connectivity index (χ2n) is 19.7. The number of benzene rings is 4. The van der Waals surface area contributed by atoms with Gasteiger partial charge >= 0.3 is 0 Å². The summed E-state index contributed by atoms with van der Waals surface area (Å²) in [5, 5.41) is 24.0. The van der Waals surface area contributed by atoms with E-state index in [-0.39, 0.29) is 23.4 Å². The van der Waals surface area contributed by atoms with Crippen LogP contribution in [0.15, 0.2) is 16.5 Å². The first-order valence-corrected chi connectivity index (χ1v) is 26.0. The van der Waals surface area contributed by atoms with E-state index in [1.807, 2.05) is 6.07 Å². The van der Waals surface area contributed by atoms with Gasteiger partial charge in [0.1, 0.15) is 9.96 Å². The first-order chi connectivity index (χ1) is 28.1. The topological polar surface area (TPSA) is 83.1 Å².